The van der Waals surface area contributed by atoms with E-state index in [1.807, 2.05) is 0 Å². The zero-order valence-electron chi connectivity index (χ0n) is 33.2. The van der Waals surface area contributed by atoms with Crippen LogP contribution in [0.5, 0.6) is 0 Å². The van der Waals surface area contributed by atoms with Gasteiger partial charge in [0.1, 0.15) is 6.10 Å². The highest BCUT2D eigenvalue weighted by atomic mass is 16.5. The molecule has 0 amide bonds. The number of allylic oxidation sites excluding steroid dienone is 7. The van der Waals surface area contributed by atoms with Gasteiger partial charge in [-0.1, -0.05) is 135 Å². The summed E-state index contributed by atoms with van der Waals surface area (Å²) in [7, 11) is 0. The number of fused-ring (bicyclic) bond motifs is 5. The Bertz CT molecular complexity index is 1090. The average Bonchev–Trinajstić information content (AvgIpc) is 3.43. The van der Waals surface area contributed by atoms with E-state index in [4.69, 9.17) is 4.74 Å². The minimum absolute atomic E-state index is 0.0401. The first-order valence-electron chi connectivity index (χ1n) is 21.5. The van der Waals surface area contributed by atoms with Crippen molar-refractivity contribution < 1.29 is 9.53 Å². The van der Waals surface area contributed by atoms with Crippen molar-refractivity contribution >= 4 is 5.97 Å². The molecule has 2 heteroatoms. The number of carbonyl (C=O) groups excluding carboxylic acids is 1. The van der Waals surface area contributed by atoms with Crippen molar-refractivity contribution in [2.45, 2.75) is 195 Å². The molecule has 0 radical (unpaired) electrons. The van der Waals surface area contributed by atoms with Gasteiger partial charge in [0.25, 0.3) is 0 Å². The van der Waals surface area contributed by atoms with Crippen molar-refractivity contribution in [3.63, 3.8) is 0 Å². The van der Waals surface area contributed by atoms with Crippen molar-refractivity contribution in [3.8, 4) is 0 Å². The summed E-state index contributed by atoms with van der Waals surface area (Å²) in [6.45, 7) is 14.9. The maximum atomic E-state index is 12.8. The molecule has 0 N–H and O–H groups in total. The normalized spacial score (nSPS) is 32.1. The number of rotatable bonds is 21. The number of carbonyl (C=O) groups is 1. The Kier molecular flexibility index (Phi) is 16.8. The van der Waals surface area contributed by atoms with Gasteiger partial charge in [-0.2, -0.15) is 0 Å². The van der Waals surface area contributed by atoms with Crippen LogP contribution in [0, 0.1) is 46.3 Å². The molecule has 0 bridgehead atoms. The molecule has 0 unspecified atom stereocenters. The molecule has 0 aromatic carbocycles. The van der Waals surface area contributed by atoms with Gasteiger partial charge < -0.3 is 4.74 Å². The third-order valence-electron chi connectivity index (χ3n) is 14.1. The number of esters is 1. The van der Waals surface area contributed by atoms with Crippen molar-refractivity contribution in [3.05, 3.63) is 48.1 Å². The van der Waals surface area contributed by atoms with Crippen LogP contribution >= 0.6 is 0 Å². The molecule has 0 heterocycles. The van der Waals surface area contributed by atoms with Gasteiger partial charge in [0.2, 0.25) is 0 Å². The van der Waals surface area contributed by atoms with E-state index in [0.29, 0.717) is 17.3 Å². The van der Waals surface area contributed by atoms with Crippen LogP contribution in [0.25, 0.3) is 0 Å². The SMILES string of the molecule is CCCCC/C=C\C/C=C\C/C=C\CCCCCCC(=O)O[C@H]1CC[C@@]2(C)C(=CC[C@H]3[C@@H]4CC[C@H]([C@H](C)CCCC(C)C)[C@@]4(C)CC[C@@H]32)C1. The molecular weight excluding hydrogens is 597 g/mol. The van der Waals surface area contributed by atoms with Crippen molar-refractivity contribution in [2.24, 2.45) is 46.3 Å². The van der Waals surface area contributed by atoms with Gasteiger partial charge in [0.05, 0.1) is 0 Å². The van der Waals surface area contributed by atoms with E-state index in [9.17, 15) is 4.79 Å². The lowest BCUT2D eigenvalue weighted by Crippen LogP contribution is -2.51. The van der Waals surface area contributed by atoms with E-state index >= 15 is 0 Å². The highest BCUT2D eigenvalue weighted by molar-refractivity contribution is 5.69. The van der Waals surface area contributed by atoms with Crippen LogP contribution in [-0.4, -0.2) is 12.1 Å². The number of hydrogen-bond acceptors (Lipinski definition) is 2. The van der Waals surface area contributed by atoms with E-state index in [-0.39, 0.29) is 12.1 Å². The van der Waals surface area contributed by atoms with Crippen molar-refractivity contribution in [1.29, 1.82) is 0 Å². The standard InChI is InChI=1S/C47H78O2/c1-7-8-9-10-11-12-13-14-15-16-17-18-19-20-21-22-23-27-45(48)49-40-32-34-46(5)39(36-40)28-29-41-43-31-30-42(38(4)26-24-25-37(2)3)47(43,6)35-33-44(41)46/h11-12,14-15,17-18,28,37-38,40-44H,7-10,13,16,19-27,29-36H2,1-6H3/b12-11-,15-14-,18-17-/t38-,40+,41+,42-,43+,44+,46+,47-/m1/s1. The Morgan fingerprint density at radius 1 is 0.796 bits per heavy atom. The van der Waals surface area contributed by atoms with Crippen LogP contribution in [0.2, 0.25) is 0 Å². The Hall–Kier alpha value is -1.57. The number of hydrogen-bond donors (Lipinski definition) is 0. The van der Waals surface area contributed by atoms with E-state index in [2.05, 4.69) is 84.1 Å². The van der Waals surface area contributed by atoms with Crippen LogP contribution in [0.1, 0.15) is 189 Å². The summed E-state index contributed by atoms with van der Waals surface area (Å²) in [4.78, 5) is 12.8. The van der Waals surface area contributed by atoms with Crippen LogP contribution < -0.4 is 0 Å². The monoisotopic (exact) mass is 675 g/mol. The molecule has 278 valence electrons. The third kappa shape index (κ3) is 11.5. The molecule has 0 aromatic rings. The molecule has 8 atom stereocenters. The van der Waals surface area contributed by atoms with Crippen LogP contribution in [0.4, 0.5) is 0 Å². The predicted octanol–water partition coefficient (Wildman–Crippen LogP) is 14.3. The van der Waals surface area contributed by atoms with E-state index < -0.39 is 0 Å². The second-order valence-corrected chi connectivity index (χ2v) is 18.0. The molecule has 0 saturated heterocycles. The van der Waals surface area contributed by atoms with Gasteiger partial charge in [0, 0.05) is 12.8 Å². The second-order valence-electron chi connectivity index (χ2n) is 18.0. The Balaban J connectivity index is 1.11. The molecule has 49 heavy (non-hydrogen) atoms. The highest BCUT2D eigenvalue weighted by Crippen LogP contribution is 2.67. The zero-order valence-corrected chi connectivity index (χ0v) is 33.2. The molecule has 0 aromatic heterocycles. The molecular formula is C47H78O2. The van der Waals surface area contributed by atoms with E-state index in [1.54, 1.807) is 5.57 Å². The van der Waals surface area contributed by atoms with Gasteiger partial charge in [-0.3, -0.25) is 4.79 Å². The van der Waals surface area contributed by atoms with Gasteiger partial charge in [-0.05, 0) is 136 Å². The van der Waals surface area contributed by atoms with E-state index in [1.165, 1.54) is 96.3 Å². The molecule has 3 fully saturated rings. The smallest absolute Gasteiger partial charge is 0.306 e. The Morgan fingerprint density at radius 2 is 1.49 bits per heavy atom. The molecule has 4 rings (SSSR count). The first-order chi connectivity index (χ1) is 23.7. The summed E-state index contributed by atoms with van der Waals surface area (Å²) in [5.74, 6) is 5.27. The van der Waals surface area contributed by atoms with Crippen LogP contribution in [0.15, 0.2) is 48.1 Å². The summed E-state index contributed by atoms with van der Waals surface area (Å²) < 4.78 is 6.12. The largest absolute Gasteiger partial charge is 0.462 e. The quantitative estimate of drug-likeness (QED) is 0.0688. The topological polar surface area (TPSA) is 26.3 Å². The van der Waals surface area contributed by atoms with Crippen LogP contribution in [-0.2, 0) is 9.53 Å². The van der Waals surface area contributed by atoms with Gasteiger partial charge in [0.15, 0.2) is 0 Å². The molecule has 2 nitrogen and oxygen atoms in total. The molecule has 0 aliphatic heterocycles. The summed E-state index contributed by atoms with van der Waals surface area (Å²) in [6, 6.07) is 0. The minimum atomic E-state index is 0.0401. The maximum Gasteiger partial charge on any atom is 0.306 e. The van der Waals surface area contributed by atoms with Gasteiger partial charge in [-0.25, -0.2) is 0 Å². The number of ether oxygens (including phenoxy) is 1. The lowest BCUT2D eigenvalue weighted by atomic mass is 9.47. The fourth-order valence-electron chi connectivity index (χ4n) is 11.2. The summed E-state index contributed by atoms with van der Waals surface area (Å²) in [5, 5.41) is 0. The first kappa shape index (κ1) is 40.2. The molecule has 4 aliphatic carbocycles. The maximum absolute atomic E-state index is 12.8. The van der Waals surface area contributed by atoms with Crippen molar-refractivity contribution in [2.75, 3.05) is 0 Å². The lowest BCUT2D eigenvalue weighted by Gasteiger charge is -2.58. The van der Waals surface area contributed by atoms with Crippen LogP contribution in [0.3, 0.4) is 0 Å². The summed E-state index contributed by atoms with van der Waals surface area (Å²) in [5.41, 5.74) is 2.51. The van der Waals surface area contributed by atoms with E-state index in [0.717, 1.165) is 80.5 Å². The number of unbranched alkanes of at least 4 members (excludes halogenated alkanes) is 7. The predicted molar refractivity (Wildman–Crippen MR) is 211 cm³/mol. The summed E-state index contributed by atoms with van der Waals surface area (Å²) in [6.07, 6.45) is 44.6. The van der Waals surface area contributed by atoms with Crippen molar-refractivity contribution in [1.82, 2.24) is 0 Å². The lowest BCUT2D eigenvalue weighted by molar-refractivity contribution is -0.151. The average molecular weight is 675 g/mol. The van der Waals surface area contributed by atoms with Gasteiger partial charge >= 0.3 is 5.97 Å². The zero-order chi connectivity index (χ0) is 35.1. The Morgan fingerprint density at radius 3 is 2.20 bits per heavy atom. The highest BCUT2D eigenvalue weighted by Gasteiger charge is 2.59. The molecule has 3 saturated carbocycles. The van der Waals surface area contributed by atoms with Gasteiger partial charge in [-0.15, -0.1) is 0 Å². The first-order valence-corrected chi connectivity index (χ1v) is 21.5. The molecule has 0 spiro atoms. The second kappa shape index (κ2) is 20.5. The molecule has 4 aliphatic rings. The summed E-state index contributed by atoms with van der Waals surface area (Å²) >= 11 is 0. The third-order valence-corrected chi connectivity index (χ3v) is 14.1. The fourth-order valence-corrected chi connectivity index (χ4v) is 11.2. The minimum Gasteiger partial charge on any atom is -0.462 e. The Labute approximate surface area is 304 Å². The fraction of sp³-hybridized carbons (Fsp3) is 0.809.